The molecular weight excluding hydrogens is 256 g/mol. The molecule has 0 amide bonds. The zero-order valence-electron chi connectivity index (χ0n) is 11.9. The average molecular weight is 276 g/mol. The summed E-state index contributed by atoms with van der Waals surface area (Å²) < 4.78 is 17.5. The molecule has 0 aliphatic carbocycles. The highest BCUT2D eigenvalue weighted by molar-refractivity contribution is 5.59. The molecule has 1 saturated heterocycles. The van der Waals surface area contributed by atoms with E-state index in [-0.39, 0.29) is 12.4 Å². The van der Waals surface area contributed by atoms with Crippen LogP contribution in [0.4, 0.5) is 0 Å². The molecule has 4 rings (SSSR count). The Morgan fingerprint density at radius 1 is 1.25 bits per heavy atom. The molecule has 20 heavy (non-hydrogen) atoms. The molecule has 108 valence electrons. The summed E-state index contributed by atoms with van der Waals surface area (Å²) in [5, 5.41) is 3.43. The summed E-state index contributed by atoms with van der Waals surface area (Å²) in [6, 6.07) is 4.46. The van der Waals surface area contributed by atoms with Gasteiger partial charge < -0.3 is 24.4 Å². The predicted octanol–water partition coefficient (Wildman–Crippen LogP) is 1.53. The summed E-state index contributed by atoms with van der Waals surface area (Å²) in [7, 11) is 4.25. The lowest BCUT2D eigenvalue weighted by molar-refractivity contribution is 0.0256. The van der Waals surface area contributed by atoms with Crippen LogP contribution in [-0.4, -0.2) is 44.5 Å². The molecular formula is C15H20N2O3. The predicted molar refractivity (Wildman–Crippen MR) is 74.5 cm³/mol. The second-order valence-corrected chi connectivity index (χ2v) is 6.11. The maximum Gasteiger partial charge on any atom is 0.231 e. The molecule has 1 spiro atoms. The zero-order valence-corrected chi connectivity index (χ0v) is 11.9. The van der Waals surface area contributed by atoms with Gasteiger partial charge in [0.05, 0.1) is 0 Å². The number of ether oxygens (including phenoxy) is 3. The van der Waals surface area contributed by atoms with Crippen molar-refractivity contribution in [2.75, 3.05) is 34.0 Å². The second-order valence-electron chi connectivity index (χ2n) is 6.11. The molecule has 5 heteroatoms. The van der Waals surface area contributed by atoms with Crippen LogP contribution in [0.2, 0.25) is 0 Å². The monoisotopic (exact) mass is 276 g/mol. The van der Waals surface area contributed by atoms with E-state index in [0.717, 1.165) is 43.2 Å². The minimum absolute atomic E-state index is 0.108. The van der Waals surface area contributed by atoms with Gasteiger partial charge in [-0.3, -0.25) is 0 Å². The molecule has 2 atom stereocenters. The Labute approximate surface area is 118 Å². The van der Waals surface area contributed by atoms with Crippen molar-refractivity contribution in [3.05, 3.63) is 17.7 Å². The smallest absolute Gasteiger partial charge is 0.231 e. The maximum absolute atomic E-state index is 6.41. The third-order valence-corrected chi connectivity index (χ3v) is 4.59. The first-order valence-electron chi connectivity index (χ1n) is 7.17. The molecule has 2 unspecified atom stereocenters. The van der Waals surface area contributed by atoms with Gasteiger partial charge in [-0.1, -0.05) is 0 Å². The largest absolute Gasteiger partial charge is 0.481 e. The Hall–Kier alpha value is -1.46. The SMILES string of the molecule is CN(C)C1CC2(CCNC2)Oc2c1ccc1c2OCO1. The number of nitrogens with zero attached hydrogens (tertiary/aromatic N) is 1. The van der Waals surface area contributed by atoms with Crippen molar-refractivity contribution in [3.63, 3.8) is 0 Å². The van der Waals surface area contributed by atoms with Crippen molar-refractivity contribution < 1.29 is 14.2 Å². The van der Waals surface area contributed by atoms with Gasteiger partial charge in [0.25, 0.3) is 0 Å². The van der Waals surface area contributed by atoms with Crippen LogP contribution in [0.25, 0.3) is 0 Å². The lowest BCUT2D eigenvalue weighted by Gasteiger charge is -2.42. The van der Waals surface area contributed by atoms with Gasteiger partial charge in [0.2, 0.25) is 12.5 Å². The molecule has 3 aliphatic rings. The van der Waals surface area contributed by atoms with Crippen molar-refractivity contribution in [2.24, 2.45) is 0 Å². The molecule has 0 aromatic heterocycles. The maximum atomic E-state index is 6.41. The summed E-state index contributed by atoms with van der Waals surface area (Å²) in [4.78, 5) is 2.27. The molecule has 0 radical (unpaired) electrons. The van der Waals surface area contributed by atoms with Gasteiger partial charge in [-0.2, -0.15) is 0 Å². The number of hydrogen-bond acceptors (Lipinski definition) is 5. The molecule has 1 aromatic rings. The van der Waals surface area contributed by atoms with E-state index in [1.165, 1.54) is 5.56 Å². The first-order chi connectivity index (χ1) is 9.69. The van der Waals surface area contributed by atoms with Crippen molar-refractivity contribution in [1.29, 1.82) is 0 Å². The van der Waals surface area contributed by atoms with Gasteiger partial charge in [-0.15, -0.1) is 0 Å². The van der Waals surface area contributed by atoms with E-state index >= 15 is 0 Å². The van der Waals surface area contributed by atoms with E-state index in [2.05, 4.69) is 30.4 Å². The highest BCUT2D eigenvalue weighted by Crippen LogP contribution is 2.52. The van der Waals surface area contributed by atoms with E-state index in [1.807, 2.05) is 6.07 Å². The molecule has 5 nitrogen and oxygen atoms in total. The topological polar surface area (TPSA) is 43.0 Å². The third-order valence-electron chi connectivity index (χ3n) is 4.59. The summed E-state index contributed by atoms with van der Waals surface area (Å²) in [6.07, 6.45) is 2.06. The molecule has 1 N–H and O–H groups in total. The van der Waals surface area contributed by atoms with E-state index in [9.17, 15) is 0 Å². The number of fused-ring (bicyclic) bond motifs is 3. The molecule has 3 aliphatic heterocycles. The minimum Gasteiger partial charge on any atom is -0.481 e. The second kappa shape index (κ2) is 4.27. The van der Waals surface area contributed by atoms with E-state index in [0.29, 0.717) is 6.04 Å². The number of hydrogen-bond donors (Lipinski definition) is 1. The lowest BCUT2D eigenvalue weighted by atomic mass is 9.85. The van der Waals surface area contributed by atoms with Gasteiger partial charge in [0.15, 0.2) is 11.5 Å². The van der Waals surface area contributed by atoms with Crippen molar-refractivity contribution >= 4 is 0 Å². The quantitative estimate of drug-likeness (QED) is 0.842. The normalized spacial score (nSPS) is 30.6. The summed E-state index contributed by atoms with van der Waals surface area (Å²) in [5.41, 5.74) is 1.10. The third kappa shape index (κ3) is 1.70. The number of rotatable bonds is 1. The van der Waals surface area contributed by atoms with Crippen molar-refractivity contribution in [2.45, 2.75) is 24.5 Å². The molecule has 3 heterocycles. The molecule has 0 bridgehead atoms. The first-order valence-corrected chi connectivity index (χ1v) is 7.17. The Kier molecular flexibility index (Phi) is 2.62. The van der Waals surface area contributed by atoms with Crippen LogP contribution in [0.5, 0.6) is 17.2 Å². The highest BCUT2D eigenvalue weighted by Gasteiger charge is 2.45. The van der Waals surface area contributed by atoms with Gasteiger partial charge in [0, 0.05) is 31.0 Å². The Bertz CT molecular complexity index is 538. The van der Waals surface area contributed by atoms with Crippen molar-refractivity contribution in [1.82, 2.24) is 10.2 Å². The van der Waals surface area contributed by atoms with Crippen LogP contribution in [-0.2, 0) is 0 Å². The van der Waals surface area contributed by atoms with E-state index in [1.54, 1.807) is 0 Å². The van der Waals surface area contributed by atoms with Gasteiger partial charge in [-0.25, -0.2) is 0 Å². The Morgan fingerprint density at radius 3 is 2.90 bits per heavy atom. The lowest BCUT2D eigenvalue weighted by Crippen LogP contribution is -2.45. The van der Waals surface area contributed by atoms with Crippen molar-refractivity contribution in [3.8, 4) is 17.2 Å². The van der Waals surface area contributed by atoms with Crippen LogP contribution in [0.1, 0.15) is 24.4 Å². The van der Waals surface area contributed by atoms with Crippen LogP contribution in [0, 0.1) is 0 Å². The van der Waals surface area contributed by atoms with Gasteiger partial charge in [0.1, 0.15) is 5.60 Å². The number of benzene rings is 1. The fraction of sp³-hybridized carbons (Fsp3) is 0.600. The van der Waals surface area contributed by atoms with Crippen LogP contribution < -0.4 is 19.5 Å². The van der Waals surface area contributed by atoms with Gasteiger partial charge in [-0.05, 0) is 32.8 Å². The molecule has 1 fully saturated rings. The van der Waals surface area contributed by atoms with Gasteiger partial charge >= 0.3 is 0 Å². The van der Waals surface area contributed by atoms with Crippen LogP contribution >= 0.6 is 0 Å². The minimum atomic E-state index is -0.108. The summed E-state index contributed by atoms with van der Waals surface area (Å²) >= 11 is 0. The zero-order chi connectivity index (χ0) is 13.7. The standard InChI is InChI=1S/C15H20N2O3/c1-17(2)11-7-15(5-6-16-8-15)20-13-10(11)3-4-12-14(13)19-9-18-12/h3-4,11,16H,5-9H2,1-2H3. The molecule has 0 saturated carbocycles. The first kappa shape index (κ1) is 12.3. The highest BCUT2D eigenvalue weighted by atomic mass is 16.7. The Balaban J connectivity index is 1.83. The number of nitrogens with one attached hydrogen (secondary N) is 1. The molecule has 1 aromatic carbocycles. The average Bonchev–Trinajstić information content (AvgIpc) is 3.07. The van der Waals surface area contributed by atoms with E-state index in [4.69, 9.17) is 14.2 Å². The van der Waals surface area contributed by atoms with E-state index < -0.39 is 0 Å². The summed E-state index contributed by atoms with van der Waals surface area (Å²) in [5.74, 6) is 2.46. The van der Waals surface area contributed by atoms with Crippen LogP contribution in [0.3, 0.4) is 0 Å². The summed E-state index contributed by atoms with van der Waals surface area (Å²) in [6.45, 7) is 2.20. The fourth-order valence-corrected chi connectivity index (χ4v) is 3.49. The fourth-order valence-electron chi connectivity index (χ4n) is 3.49. The van der Waals surface area contributed by atoms with Crippen LogP contribution in [0.15, 0.2) is 12.1 Å². The Morgan fingerprint density at radius 2 is 2.15 bits per heavy atom.